The van der Waals surface area contributed by atoms with Gasteiger partial charge in [-0.25, -0.2) is 4.90 Å². The maximum absolute atomic E-state index is 12.8. The number of para-hydroxylation sites is 1. The first-order chi connectivity index (χ1) is 10.9. The van der Waals surface area contributed by atoms with Gasteiger partial charge >= 0.3 is 0 Å². The van der Waals surface area contributed by atoms with Crippen molar-refractivity contribution in [1.29, 1.82) is 0 Å². The van der Waals surface area contributed by atoms with Gasteiger partial charge in [-0.1, -0.05) is 69.3 Å². The maximum Gasteiger partial charge on any atom is 0.266 e. The van der Waals surface area contributed by atoms with Crippen LogP contribution in [-0.4, -0.2) is 11.8 Å². The monoisotopic (exact) mass is 305 g/mol. The quantitative estimate of drug-likeness (QED) is 0.788. The van der Waals surface area contributed by atoms with Crippen LogP contribution in [0.3, 0.4) is 0 Å². The van der Waals surface area contributed by atoms with Crippen LogP contribution in [0.1, 0.15) is 31.9 Å². The Hall–Kier alpha value is -2.68. The van der Waals surface area contributed by atoms with Gasteiger partial charge in [-0.15, -0.1) is 0 Å². The molecule has 2 amide bonds. The normalized spacial score (nSPS) is 15.1. The molecule has 3 rings (SSSR count). The first-order valence-corrected chi connectivity index (χ1v) is 7.64. The minimum atomic E-state index is -0.287. The summed E-state index contributed by atoms with van der Waals surface area (Å²) >= 11 is 0. The van der Waals surface area contributed by atoms with E-state index in [1.807, 2.05) is 54.6 Å². The van der Waals surface area contributed by atoms with Crippen LogP contribution >= 0.6 is 0 Å². The highest BCUT2D eigenvalue weighted by atomic mass is 16.2. The van der Waals surface area contributed by atoms with Gasteiger partial charge < -0.3 is 0 Å². The Labute approximate surface area is 136 Å². The largest absolute Gasteiger partial charge is 0.269 e. The van der Waals surface area contributed by atoms with Gasteiger partial charge in [-0.2, -0.15) is 0 Å². The summed E-state index contributed by atoms with van der Waals surface area (Å²) in [5, 5.41) is 0. The van der Waals surface area contributed by atoms with E-state index in [0.717, 1.165) is 11.1 Å². The highest BCUT2D eigenvalue weighted by molar-refractivity contribution is 6.43. The van der Waals surface area contributed by atoms with Crippen LogP contribution in [0.4, 0.5) is 5.69 Å². The van der Waals surface area contributed by atoms with E-state index in [1.54, 1.807) is 0 Å². The van der Waals surface area contributed by atoms with Gasteiger partial charge in [-0.05, 0) is 22.6 Å². The van der Waals surface area contributed by atoms with Gasteiger partial charge in [0.25, 0.3) is 11.8 Å². The molecule has 2 aromatic rings. The fraction of sp³-hybridized carbons (Fsp3) is 0.200. The second-order valence-corrected chi connectivity index (χ2v) is 6.67. The molecule has 0 saturated heterocycles. The third-order valence-electron chi connectivity index (χ3n) is 3.96. The van der Waals surface area contributed by atoms with Crippen molar-refractivity contribution in [1.82, 2.24) is 0 Å². The number of anilines is 1. The number of hydrogen-bond acceptors (Lipinski definition) is 2. The second-order valence-electron chi connectivity index (χ2n) is 6.67. The molecule has 2 aromatic carbocycles. The molecule has 1 aliphatic rings. The number of hydrogen-bond donors (Lipinski definition) is 0. The summed E-state index contributed by atoms with van der Waals surface area (Å²) in [6.07, 6.45) is 1.43. The zero-order valence-electron chi connectivity index (χ0n) is 13.5. The van der Waals surface area contributed by atoms with E-state index >= 15 is 0 Å². The van der Waals surface area contributed by atoms with Crippen LogP contribution in [0.25, 0.3) is 5.57 Å². The number of benzene rings is 2. The molecule has 0 aliphatic carbocycles. The molecule has 1 heterocycles. The van der Waals surface area contributed by atoms with Crippen molar-refractivity contribution >= 4 is 23.1 Å². The van der Waals surface area contributed by atoms with Crippen molar-refractivity contribution in [3.05, 3.63) is 71.8 Å². The summed E-state index contributed by atoms with van der Waals surface area (Å²) in [6, 6.07) is 16.9. The summed E-state index contributed by atoms with van der Waals surface area (Å²) < 4.78 is 0. The van der Waals surface area contributed by atoms with Gasteiger partial charge in [0.15, 0.2) is 0 Å². The number of amides is 2. The van der Waals surface area contributed by atoms with Crippen molar-refractivity contribution < 1.29 is 9.59 Å². The van der Waals surface area contributed by atoms with Crippen LogP contribution in [0.2, 0.25) is 0 Å². The number of carbonyl (C=O) groups is 2. The summed E-state index contributed by atoms with van der Waals surface area (Å²) in [4.78, 5) is 26.6. The zero-order chi connectivity index (χ0) is 16.6. The van der Waals surface area contributed by atoms with Gasteiger partial charge in [0.05, 0.1) is 11.3 Å². The minimum Gasteiger partial charge on any atom is -0.269 e. The van der Waals surface area contributed by atoms with Crippen LogP contribution in [0.5, 0.6) is 0 Å². The van der Waals surface area contributed by atoms with E-state index in [2.05, 4.69) is 20.8 Å². The summed E-state index contributed by atoms with van der Waals surface area (Å²) in [5.74, 6) is -0.552. The standard InChI is InChI=1S/C20H19NO2/c1-20(2,3)16-11-7-8-12-17(16)21-18(22)13-15(19(21)23)14-9-5-4-6-10-14/h4-13H,1-3H3. The zero-order valence-corrected chi connectivity index (χ0v) is 13.5. The van der Waals surface area contributed by atoms with Crippen LogP contribution in [0.15, 0.2) is 60.7 Å². The fourth-order valence-corrected chi connectivity index (χ4v) is 2.83. The molecule has 0 saturated carbocycles. The summed E-state index contributed by atoms with van der Waals surface area (Å²) in [6.45, 7) is 6.22. The van der Waals surface area contributed by atoms with E-state index < -0.39 is 0 Å². The molecule has 3 heteroatoms. The third-order valence-corrected chi connectivity index (χ3v) is 3.96. The van der Waals surface area contributed by atoms with E-state index in [4.69, 9.17) is 0 Å². The average molecular weight is 305 g/mol. The van der Waals surface area contributed by atoms with Gasteiger partial charge in [0.1, 0.15) is 0 Å². The Bertz CT molecular complexity index is 798. The topological polar surface area (TPSA) is 37.4 Å². The molecule has 0 atom stereocenters. The lowest BCUT2D eigenvalue weighted by Gasteiger charge is -2.26. The lowest BCUT2D eigenvalue weighted by molar-refractivity contribution is -0.119. The Morgan fingerprint density at radius 2 is 1.43 bits per heavy atom. The Morgan fingerprint density at radius 3 is 2.09 bits per heavy atom. The minimum absolute atomic E-state index is 0.160. The molecule has 23 heavy (non-hydrogen) atoms. The lowest BCUT2D eigenvalue weighted by Crippen LogP contribution is -2.33. The van der Waals surface area contributed by atoms with Crippen molar-refractivity contribution in [3.8, 4) is 0 Å². The van der Waals surface area contributed by atoms with Crippen LogP contribution in [-0.2, 0) is 15.0 Å². The predicted molar refractivity (Wildman–Crippen MR) is 92.1 cm³/mol. The summed E-state index contributed by atoms with van der Waals surface area (Å²) in [7, 11) is 0. The molecule has 0 bridgehead atoms. The molecule has 3 nitrogen and oxygen atoms in total. The number of imide groups is 1. The summed E-state index contributed by atoms with van der Waals surface area (Å²) in [5.41, 5.74) is 2.69. The number of rotatable bonds is 2. The van der Waals surface area contributed by atoms with Gasteiger partial charge in [0.2, 0.25) is 0 Å². The first kappa shape index (κ1) is 15.2. The molecule has 0 fully saturated rings. The Morgan fingerprint density at radius 1 is 0.826 bits per heavy atom. The Balaban J connectivity index is 2.05. The Kier molecular flexibility index (Phi) is 3.64. The van der Waals surface area contributed by atoms with Crippen molar-refractivity contribution in [2.45, 2.75) is 26.2 Å². The molecule has 116 valence electrons. The van der Waals surface area contributed by atoms with Crippen molar-refractivity contribution in [2.75, 3.05) is 4.90 Å². The fourth-order valence-electron chi connectivity index (χ4n) is 2.83. The molecule has 0 radical (unpaired) electrons. The predicted octanol–water partition coefficient (Wildman–Crippen LogP) is 3.94. The SMILES string of the molecule is CC(C)(C)c1ccccc1N1C(=O)C=C(c2ccccc2)C1=O. The van der Waals surface area contributed by atoms with E-state index in [0.29, 0.717) is 11.3 Å². The smallest absolute Gasteiger partial charge is 0.266 e. The highest BCUT2D eigenvalue weighted by Gasteiger charge is 2.35. The second kappa shape index (κ2) is 5.51. The molecular formula is C20H19NO2. The van der Waals surface area contributed by atoms with Crippen LogP contribution < -0.4 is 4.90 Å². The lowest BCUT2D eigenvalue weighted by atomic mass is 9.85. The highest BCUT2D eigenvalue weighted by Crippen LogP contribution is 2.35. The molecular weight excluding hydrogens is 286 g/mol. The molecule has 0 aromatic heterocycles. The van der Waals surface area contributed by atoms with Crippen molar-refractivity contribution in [2.24, 2.45) is 0 Å². The van der Waals surface area contributed by atoms with Gasteiger partial charge in [-0.3, -0.25) is 9.59 Å². The molecule has 1 aliphatic heterocycles. The first-order valence-electron chi connectivity index (χ1n) is 7.64. The van der Waals surface area contributed by atoms with Crippen LogP contribution in [0, 0.1) is 0 Å². The number of nitrogens with zero attached hydrogens (tertiary/aromatic N) is 1. The van der Waals surface area contributed by atoms with Crippen molar-refractivity contribution in [3.63, 3.8) is 0 Å². The van der Waals surface area contributed by atoms with Gasteiger partial charge in [0, 0.05) is 6.08 Å². The van der Waals surface area contributed by atoms with E-state index in [9.17, 15) is 9.59 Å². The molecule has 0 spiro atoms. The maximum atomic E-state index is 12.8. The molecule has 0 unspecified atom stereocenters. The third kappa shape index (κ3) is 2.70. The average Bonchev–Trinajstić information content (AvgIpc) is 2.82. The van der Waals surface area contributed by atoms with E-state index in [-0.39, 0.29) is 17.2 Å². The molecule has 0 N–H and O–H groups in total. The number of carbonyl (C=O) groups excluding carboxylic acids is 2. The van der Waals surface area contributed by atoms with E-state index in [1.165, 1.54) is 11.0 Å².